The molecule has 1 aliphatic rings. The molecule has 2 N–H and O–H groups in total. The van der Waals surface area contributed by atoms with Crippen molar-refractivity contribution in [1.82, 2.24) is 10.0 Å². The van der Waals surface area contributed by atoms with Gasteiger partial charge in [-0.1, -0.05) is 13.3 Å². The van der Waals surface area contributed by atoms with Crippen LogP contribution in [0.4, 0.5) is 0 Å². The van der Waals surface area contributed by atoms with Crippen molar-refractivity contribution in [3.8, 4) is 0 Å². The summed E-state index contributed by atoms with van der Waals surface area (Å²) in [7, 11) is -3.32. The lowest BCUT2D eigenvalue weighted by atomic mass is 9.86. The van der Waals surface area contributed by atoms with Crippen molar-refractivity contribution < 1.29 is 8.42 Å². The quantitative estimate of drug-likeness (QED) is 0.725. The third-order valence-corrected chi connectivity index (χ3v) is 6.90. The Morgan fingerprint density at radius 1 is 1.40 bits per heavy atom. The first-order valence-electron chi connectivity index (χ1n) is 7.32. The summed E-state index contributed by atoms with van der Waals surface area (Å²) in [6, 6.07) is 1.79. The van der Waals surface area contributed by atoms with Gasteiger partial charge in [0.15, 0.2) is 0 Å². The van der Waals surface area contributed by atoms with Gasteiger partial charge in [-0.15, -0.1) is 11.3 Å². The van der Waals surface area contributed by atoms with Gasteiger partial charge in [0, 0.05) is 18.0 Å². The highest BCUT2D eigenvalue weighted by molar-refractivity contribution is 7.91. The Labute approximate surface area is 126 Å². The van der Waals surface area contributed by atoms with Crippen LogP contribution in [0.25, 0.3) is 0 Å². The fourth-order valence-electron chi connectivity index (χ4n) is 2.17. The molecular weight excluding hydrogens is 292 g/mol. The van der Waals surface area contributed by atoms with Crippen LogP contribution >= 0.6 is 11.3 Å². The second-order valence-electron chi connectivity index (χ2n) is 5.50. The standard InChI is InChI=1S/C14H24N2O2S2/c1-3-7-15-10-13-11(2)8-14(19-13)20(17,18)16-9-12-5-4-6-12/h8,12,15-16H,3-7,9-10H2,1-2H3. The minimum absolute atomic E-state index is 0.447. The van der Waals surface area contributed by atoms with Crippen LogP contribution in [0.15, 0.2) is 10.3 Å². The van der Waals surface area contributed by atoms with Gasteiger partial charge in [0.25, 0.3) is 0 Å². The van der Waals surface area contributed by atoms with Crippen LogP contribution in [0.3, 0.4) is 0 Å². The van der Waals surface area contributed by atoms with E-state index >= 15 is 0 Å². The number of sulfonamides is 1. The van der Waals surface area contributed by atoms with Gasteiger partial charge in [-0.3, -0.25) is 0 Å². The first-order chi connectivity index (χ1) is 9.53. The lowest BCUT2D eigenvalue weighted by Crippen LogP contribution is -2.31. The van der Waals surface area contributed by atoms with Crippen molar-refractivity contribution in [2.45, 2.75) is 50.3 Å². The van der Waals surface area contributed by atoms with Crippen LogP contribution in [0, 0.1) is 12.8 Å². The maximum atomic E-state index is 12.3. The number of aryl methyl sites for hydroxylation is 1. The van der Waals surface area contributed by atoms with Gasteiger partial charge in [-0.25, -0.2) is 13.1 Å². The summed E-state index contributed by atoms with van der Waals surface area (Å²) in [6.07, 6.45) is 4.62. The molecule has 1 saturated carbocycles. The first-order valence-corrected chi connectivity index (χ1v) is 9.62. The molecule has 0 radical (unpaired) electrons. The van der Waals surface area contributed by atoms with Crippen molar-refractivity contribution in [3.63, 3.8) is 0 Å². The van der Waals surface area contributed by atoms with Gasteiger partial charge in [-0.2, -0.15) is 0 Å². The molecule has 0 atom stereocenters. The smallest absolute Gasteiger partial charge is 0.250 e. The molecule has 114 valence electrons. The molecule has 1 aliphatic carbocycles. The molecule has 6 heteroatoms. The zero-order valence-corrected chi connectivity index (χ0v) is 13.9. The van der Waals surface area contributed by atoms with Crippen LogP contribution in [0.2, 0.25) is 0 Å². The molecular formula is C14H24N2O2S2. The molecule has 2 rings (SSSR count). The second-order valence-corrected chi connectivity index (χ2v) is 8.63. The Balaban J connectivity index is 1.97. The van der Waals surface area contributed by atoms with E-state index in [1.165, 1.54) is 17.8 Å². The molecule has 4 nitrogen and oxygen atoms in total. The van der Waals surface area contributed by atoms with Gasteiger partial charge in [0.2, 0.25) is 10.0 Å². The lowest BCUT2D eigenvalue weighted by Gasteiger charge is -2.25. The molecule has 0 aliphatic heterocycles. The summed E-state index contributed by atoms with van der Waals surface area (Å²) < 4.78 is 27.7. The summed E-state index contributed by atoms with van der Waals surface area (Å²) >= 11 is 1.38. The predicted octanol–water partition coefficient (Wildman–Crippen LogP) is 2.63. The van der Waals surface area contributed by atoms with Crippen LogP contribution in [-0.4, -0.2) is 21.5 Å². The van der Waals surface area contributed by atoms with E-state index in [-0.39, 0.29) is 0 Å². The van der Waals surface area contributed by atoms with Gasteiger partial charge >= 0.3 is 0 Å². The molecule has 20 heavy (non-hydrogen) atoms. The fourth-order valence-corrected chi connectivity index (χ4v) is 4.89. The van der Waals surface area contributed by atoms with Gasteiger partial charge in [-0.05, 0) is 50.3 Å². The minimum Gasteiger partial charge on any atom is -0.312 e. The zero-order valence-electron chi connectivity index (χ0n) is 12.2. The molecule has 0 bridgehead atoms. The zero-order chi connectivity index (χ0) is 14.6. The molecule has 0 unspecified atom stereocenters. The summed E-state index contributed by atoms with van der Waals surface area (Å²) in [6.45, 7) is 6.39. The van der Waals surface area contributed by atoms with Crippen molar-refractivity contribution in [3.05, 3.63) is 16.5 Å². The van der Waals surface area contributed by atoms with E-state index in [0.717, 1.165) is 42.8 Å². The monoisotopic (exact) mass is 316 g/mol. The summed E-state index contributed by atoms with van der Waals surface area (Å²) in [5.74, 6) is 0.538. The maximum absolute atomic E-state index is 12.3. The van der Waals surface area contributed by atoms with Gasteiger partial charge in [0.1, 0.15) is 4.21 Å². The third-order valence-electron chi connectivity index (χ3n) is 3.76. The highest BCUT2D eigenvalue weighted by atomic mass is 32.2. The highest BCUT2D eigenvalue weighted by Gasteiger charge is 2.23. The molecule has 0 amide bonds. The summed E-state index contributed by atoms with van der Waals surface area (Å²) in [5, 5.41) is 3.32. The number of thiophene rings is 1. The summed E-state index contributed by atoms with van der Waals surface area (Å²) in [4.78, 5) is 1.11. The van der Waals surface area contributed by atoms with Crippen LogP contribution in [0.1, 0.15) is 43.0 Å². The van der Waals surface area contributed by atoms with Crippen molar-refractivity contribution in [2.75, 3.05) is 13.1 Å². The average molecular weight is 316 g/mol. The molecule has 0 spiro atoms. The molecule has 1 heterocycles. The maximum Gasteiger partial charge on any atom is 0.250 e. The number of rotatable bonds is 8. The van der Waals surface area contributed by atoms with E-state index in [1.54, 1.807) is 6.07 Å². The van der Waals surface area contributed by atoms with Crippen LogP contribution in [-0.2, 0) is 16.6 Å². The Morgan fingerprint density at radius 2 is 2.15 bits per heavy atom. The normalized spacial score (nSPS) is 16.3. The van der Waals surface area contributed by atoms with Crippen LogP contribution < -0.4 is 10.0 Å². The number of hydrogen-bond acceptors (Lipinski definition) is 4. The highest BCUT2D eigenvalue weighted by Crippen LogP contribution is 2.28. The van der Waals surface area contributed by atoms with Gasteiger partial charge in [0.05, 0.1) is 0 Å². The topological polar surface area (TPSA) is 58.2 Å². The Kier molecular flexibility index (Phi) is 5.60. The van der Waals surface area contributed by atoms with Crippen molar-refractivity contribution >= 4 is 21.4 Å². The van der Waals surface area contributed by atoms with Gasteiger partial charge < -0.3 is 5.32 Å². The van der Waals surface area contributed by atoms with E-state index in [9.17, 15) is 8.42 Å². The molecule has 1 aromatic heterocycles. The molecule has 1 aromatic rings. The summed E-state index contributed by atoms with van der Waals surface area (Å²) in [5.41, 5.74) is 1.06. The largest absolute Gasteiger partial charge is 0.312 e. The average Bonchev–Trinajstić information content (AvgIpc) is 2.70. The molecule has 1 fully saturated rings. The number of hydrogen-bond donors (Lipinski definition) is 2. The SMILES string of the molecule is CCCNCc1sc(S(=O)(=O)NCC2CCC2)cc1C. The van der Waals surface area contributed by atoms with Crippen LogP contribution in [0.5, 0.6) is 0 Å². The van der Waals surface area contributed by atoms with Crippen molar-refractivity contribution in [2.24, 2.45) is 5.92 Å². The number of nitrogens with one attached hydrogen (secondary N) is 2. The predicted molar refractivity (Wildman–Crippen MR) is 83.6 cm³/mol. The fraction of sp³-hybridized carbons (Fsp3) is 0.714. The molecule has 0 aromatic carbocycles. The van der Waals surface area contributed by atoms with E-state index < -0.39 is 10.0 Å². The Bertz CT molecular complexity index is 533. The minimum atomic E-state index is -3.32. The molecule has 0 saturated heterocycles. The Morgan fingerprint density at radius 3 is 2.75 bits per heavy atom. The first kappa shape index (κ1) is 15.9. The van der Waals surface area contributed by atoms with E-state index in [1.807, 2.05) is 6.92 Å². The van der Waals surface area contributed by atoms with E-state index in [0.29, 0.717) is 16.7 Å². The van der Waals surface area contributed by atoms with E-state index in [2.05, 4.69) is 17.0 Å². The van der Waals surface area contributed by atoms with Crippen molar-refractivity contribution in [1.29, 1.82) is 0 Å². The third kappa shape index (κ3) is 4.04. The second kappa shape index (κ2) is 7.02. The lowest BCUT2D eigenvalue weighted by molar-refractivity contribution is 0.316. The Hall–Kier alpha value is -0.430. The van der Waals surface area contributed by atoms with E-state index in [4.69, 9.17) is 0 Å².